The number of benzene rings is 3. The maximum absolute atomic E-state index is 13.1. The first-order valence-electron chi connectivity index (χ1n) is 11.0. The van der Waals surface area contributed by atoms with Gasteiger partial charge in [-0.05, 0) is 47.3 Å². The topological polar surface area (TPSA) is 118 Å². The zero-order valence-corrected chi connectivity index (χ0v) is 19.8. The summed E-state index contributed by atoms with van der Waals surface area (Å²) >= 11 is 0. The number of ether oxygens (including phenoxy) is 3. The number of fused-ring (bicyclic) bond motifs is 5. The van der Waals surface area contributed by atoms with E-state index in [9.17, 15) is 18.5 Å². The van der Waals surface area contributed by atoms with Crippen LogP contribution in [0.15, 0.2) is 65.7 Å². The first-order chi connectivity index (χ1) is 17.3. The van der Waals surface area contributed by atoms with Crippen molar-refractivity contribution in [3.05, 3.63) is 76.5 Å². The number of hydrogen-bond acceptors (Lipinski definition) is 8. The zero-order chi connectivity index (χ0) is 25.0. The Morgan fingerprint density at radius 1 is 1.03 bits per heavy atom. The van der Waals surface area contributed by atoms with E-state index in [1.807, 2.05) is 35.0 Å². The summed E-state index contributed by atoms with van der Waals surface area (Å²) in [6.07, 6.45) is 2.61. The van der Waals surface area contributed by atoms with Crippen LogP contribution in [0, 0.1) is 10.1 Å². The molecule has 0 atom stereocenters. The third-order valence-electron chi connectivity index (χ3n) is 6.33. The number of pyridine rings is 1. The Kier molecular flexibility index (Phi) is 4.97. The number of aromatic nitrogens is 1. The molecule has 0 amide bonds. The molecule has 3 heterocycles. The van der Waals surface area contributed by atoms with Gasteiger partial charge in [-0.15, -0.1) is 0 Å². The molecule has 11 heteroatoms. The van der Waals surface area contributed by atoms with E-state index in [1.165, 1.54) is 7.11 Å². The van der Waals surface area contributed by atoms with E-state index < -0.39 is 15.0 Å². The van der Waals surface area contributed by atoms with Crippen LogP contribution in [0.2, 0.25) is 0 Å². The van der Waals surface area contributed by atoms with E-state index in [4.69, 9.17) is 18.4 Å². The maximum Gasteiger partial charge on any atom is 0.339 e. The molecule has 0 saturated heterocycles. The predicted molar refractivity (Wildman–Crippen MR) is 127 cm³/mol. The van der Waals surface area contributed by atoms with Crippen LogP contribution >= 0.6 is 0 Å². The molecule has 0 aliphatic carbocycles. The molecule has 182 valence electrons. The van der Waals surface area contributed by atoms with Gasteiger partial charge in [-0.25, -0.2) is 0 Å². The molecule has 1 aromatic heterocycles. The third kappa shape index (κ3) is 3.55. The van der Waals surface area contributed by atoms with Crippen LogP contribution in [-0.2, 0) is 23.1 Å². The summed E-state index contributed by atoms with van der Waals surface area (Å²) in [5.74, 6) is 1.71. The Morgan fingerprint density at radius 2 is 1.78 bits per heavy atom. The molecule has 0 spiro atoms. The molecule has 2 aliphatic rings. The van der Waals surface area contributed by atoms with Crippen molar-refractivity contribution in [1.29, 1.82) is 0 Å². The largest absolute Gasteiger partial charge is 0.493 e. The molecule has 0 unspecified atom stereocenters. The van der Waals surface area contributed by atoms with Crippen molar-refractivity contribution in [3.8, 4) is 34.3 Å². The number of rotatable bonds is 5. The van der Waals surface area contributed by atoms with Crippen molar-refractivity contribution >= 4 is 26.6 Å². The van der Waals surface area contributed by atoms with Crippen molar-refractivity contribution in [2.24, 2.45) is 0 Å². The van der Waals surface area contributed by atoms with Crippen LogP contribution < -0.4 is 23.0 Å². The normalized spacial score (nSPS) is 13.7. The number of nitrogens with zero attached hydrogens (tertiary/aromatic N) is 2. The second-order valence-electron chi connectivity index (χ2n) is 8.35. The second-order valence-corrected chi connectivity index (χ2v) is 9.90. The fraction of sp³-hybridized carbons (Fsp3) is 0.160. The van der Waals surface area contributed by atoms with Crippen LogP contribution in [0.1, 0.15) is 5.56 Å². The van der Waals surface area contributed by atoms with Crippen LogP contribution in [-0.4, -0.2) is 27.2 Å². The molecular weight excluding hydrogens is 488 g/mol. The molecule has 6 rings (SSSR count). The van der Waals surface area contributed by atoms with E-state index in [0.717, 1.165) is 58.6 Å². The standard InChI is InChI=1S/C25H19N2O8S/c1-32-22-7-2-15-10-21-19-12-24-23(33-14-34-24)11-16(19)8-9-26(21)13-20(15)25(22)35-36(30,31)18-5-3-17(4-6-18)27(28)29/h2-7,10-13H,8-9,14H2,1H3/q+1. The van der Waals surface area contributed by atoms with Gasteiger partial charge in [0.05, 0.1) is 23.0 Å². The van der Waals surface area contributed by atoms with Gasteiger partial charge in [-0.2, -0.15) is 13.0 Å². The molecule has 4 aromatic rings. The minimum Gasteiger partial charge on any atom is -0.493 e. The highest BCUT2D eigenvalue weighted by molar-refractivity contribution is 7.87. The first-order valence-corrected chi connectivity index (χ1v) is 12.4. The monoisotopic (exact) mass is 507 g/mol. The van der Waals surface area contributed by atoms with Crippen LogP contribution in [0.3, 0.4) is 0 Å². The number of hydrogen-bond donors (Lipinski definition) is 0. The highest BCUT2D eigenvalue weighted by atomic mass is 32.2. The van der Waals surface area contributed by atoms with Gasteiger partial charge in [0.1, 0.15) is 4.90 Å². The van der Waals surface area contributed by atoms with E-state index in [-0.39, 0.29) is 28.9 Å². The Labute approximate surface area is 205 Å². The van der Waals surface area contributed by atoms with E-state index in [0.29, 0.717) is 17.7 Å². The van der Waals surface area contributed by atoms with Gasteiger partial charge < -0.3 is 18.4 Å². The van der Waals surface area contributed by atoms with Crippen molar-refractivity contribution in [1.82, 2.24) is 0 Å². The number of non-ortho nitro benzene ring substituents is 1. The summed E-state index contributed by atoms with van der Waals surface area (Å²) in [5.41, 5.74) is 2.90. The molecule has 0 fully saturated rings. The Balaban J connectivity index is 1.46. The van der Waals surface area contributed by atoms with Gasteiger partial charge in [0, 0.05) is 24.6 Å². The molecule has 0 radical (unpaired) electrons. The lowest BCUT2D eigenvalue weighted by Crippen LogP contribution is -2.40. The lowest BCUT2D eigenvalue weighted by Gasteiger charge is -2.17. The molecule has 10 nitrogen and oxygen atoms in total. The Bertz CT molecular complexity index is 1670. The predicted octanol–water partition coefficient (Wildman–Crippen LogP) is 3.76. The smallest absolute Gasteiger partial charge is 0.339 e. The van der Waals surface area contributed by atoms with E-state index in [2.05, 4.69) is 0 Å². The molecule has 0 saturated carbocycles. The Hall–Kier alpha value is -4.38. The number of nitro groups is 1. The van der Waals surface area contributed by atoms with E-state index in [1.54, 1.807) is 6.07 Å². The summed E-state index contributed by atoms with van der Waals surface area (Å²) in [6, 6.07) is 13.9. The first kappa shape index (κ1) is 22.1. The third-order valence-corrected chi connectivity index (χ3v) is 7.56. The van der Waals surface area contributed by atoms with Gasteiger partial charge in [0.15, 0.2) is 35.7 Å². The van der Waals surface area contributed by atoms with Crippen molar-refractivity contribution in [2.75, 3.05) is 13.9 Å². The highest BCUT2D eigenvalue weighted by Crippen LogP contribution is 2.42. The van der Waals surface area contributed by atoms with E-state index >= 15 is 0 Å². The van der Waals surface area contributed by atoms with Crippen LogP contribution in [0.4, 0.5) is 5.69 Å². The number of aryl methyl sites for hydroxylation is 2. The SMILES string of the molecule is COc1ccc2cc3[n+](cc2c1OS(=O)(=O)c1ccc([N+](=O)[O-])cc1)CCc1cc2c(cc1-3)OCO2. The average Bonchev–Trinajstić information content (AvgIpc) is 3.34. The number of nitro benzene ring substituents is 1. The minimum absolute atomic E-state index is 0.0418. The van der Waals surface area contributed by atoms with Gasteiger partial charge in [-0.1, -0.05) is 0 Å². The van der Waals surface area contributed by atoms with Gasteiger partial charge in [0.25, 0.3) is 5.69 Å². The summed E-state index contributed by atoms with van der Waals surface area (Å²) < 4.78 is 50.3. The van der Waals surface area contributed by atoms with Crippen LogP contribution in [0.25, 0.3) is 22.0 Å². The molecular formula is C25H19N2O8S+. The molecule has 36 heavy (non-hydrogen) atoms. The zero-order valence-electron chi connectivity index (χ0n) is 19.0. The van der Waals surface area contributed by atoms with Crippen LogP contribution in [0.5, 0.6) is 23.0 Å². The maximum atomic E-state index is 13.1. The fourth-order valence-electron chi connectivity index (χ4n) is 4.54. The average molecular weight is 508 g/mol. The second kappa shape index (κ2) is 8.09. The minimum atomic E-state index is -4.30. The van der Waals surface area contributed by atoms with Gasteiger partial charge in [-0.3, -0.25) is 10.1 Å². The molecule has 0 N–H and O–H groups in total. The fourth-order valence-corrected chi connectivity index (χ4v) is 5.49. The van der Waals surface area contributed by atoms with Crippen molar-refractivity contribution in [2.45, 2.75) is 17.9 Å². The number of methoxy groups -OCH3 is 1. The molecule has 3 aromatic carbocycles. The molecule has 2 aliphatic heterocycles. The Morgan fingerprint density at radius 3 is 2.50 bits per heavy atom. The van der Waals surface area contributed by atoms with Gasteiger partial charge >= 0.3 is 10.1 Å². The lowest BCUT2D eigenvalue weighted by atomic mass is 9.95. The quantitative estimate of drug-likeness (QED) is 0.173. The highest BCUT2D eigenvalue weighted by Gasteiger charge is 2.30. The lowest BCUT2D eigenvalue weighted by molar-refractivity contribution is -0.686. The summed E-state index contributed by atoms with van der Waals surface area (Å²) in [6.45, 7) is 0.864. The van der Waals surface area contributed by atoms with Crippen molar-refractivity contribution in [3.63, 3.8) is 0 Å². The van der Waals surface area contributed by atoms with Gasteiger partial charge in [0.2, 0.25) is 12.5 Å². The summed E-state index contributed by atoms with van der Waals surface area (Å²) in [5, 5.41) is 12.2. The molecule has 0 bridgehead atoms. The van der Waals surface area contributed by atoms with Crippen molar-refractivity contribution < 1.29 is 36.3 Å². The summed E-state index contributed by atoms with van der Waals surface area (Å²) in [7, 11) is -2.87. The summed E-state index contributed by atoms with van der Waals surface area (Å²) in [4.78, 5) is 10.1.